The molecule has 94 valence electrons. The highest BCUT2D eigenvalue weighted by Gasteiger charge is 2.15. The third-order valence-corrected chi connectivity index (χ3v) is 3.03. The quantitative estimate of drug-likeness (QED) is 0.882. The number of carbonyl (C=O) groups excluding carboxylic acids is 1. The summed E-state index contributed by atoms with van der Waals surface area (Å²) in [4.78, 5) is 17.7. The first kappa shape index (κ1) is 12.6. The number of imidazole rings is 1. The van der Waals surface area contributed by atoms with Gasteiger partial charge in [-0.3, -0.25) is 4.79 Å². The molecule has 1 aromatic carbocycles. The molecule has 5 nitrogen and oxygen atoms in total. The summed E-state index contributed by atoms with van der Waals surface area (Å²) in [7, 11) is 3.16. The lowest BCUT2D eigenvalue weighted by Crippen LogP contribution is -1.91. The van der Waals surface area contributed by atoms with E-state index >= 15 is 0 Å². The summed E-state index contributed by atoms with van der Waals surface area (Å²) in [5, 5.41) is 0. The van der Waals surface area contributed by atoms with E-state index in [1.54, 1.807) is 26.4 Å². The highest BCUT2D eigenvalue weighted by molar-refractivity contribution is 9.10. The summed E-state index contributed by atoms with van der Waals surface area (Å²) in [5.41, 5.74) is 1.39. The molecule has 1 aromatic heterocycles. The Morgan fingerprint density at radius 3 is 2.67 bits per heavy atom. The molecule has 2 rings (SSSR count). The number of halogens is 1. The van der Waals surface area contributed by atoms with E-state index in [2.05, 4.69) is 25.9 Å². The Morgan fingerprint density at radius 1 is 1.33 bits per heavy atom. The zero-order valence-corrected chi connectivity index (χ0v) is 11.4. The molecule has 18 heavy (non-hydrogen) atoms. The monoisotopic (exact) mass is 310 g/mol. The second-order valence-corrected chi connectivity index (χ2v) is 4.26. The first-order chi connectivity index (χ1) is 8.69. The van der Waals surface area contributed by atoms with Crippen molar-refractivity contribution in [2.45, 2.75) is 0 Å². The molecule has 6 heteroatoms. The van der Waals surface area contributed by atoms with Crippen LogP contribution in [0.1, 0.15) is 10.6 Å². The first-order valence-electron chi connectivity index (χ1n) is 5.12. The van der Waals surface area contributed by atoms with Crippen LogP contribution >= 0.6 is 15.9 Å². The second kappa shape index (κ2) is 5.22. The summed E-state index contributed by atoms with van der Waals surface area (Å²) in [6.45, 7) is 0. The molecular weight excluding hydrogens is 300 g/mol. The lowest BCUT2D eigenvalue weighted by molar-refractivity contribution is 0.111. The van der Waals surface area contributed by atoms with Crippen LogP contribution in [-0.2, 0) is 0 Å². The number of aromatic nitrogens is 2. The average molecular weight is 311 g/mol. The van der Waals surface area contributed by atoms with Crippen molar-refractivity contribution in [3.8, 4) is 22.8 Å². The van der Waals surface area contributed by atoms with Gasteiger partial charge < -0.3 is 14.5 Å². The number of rotatable bonds is 4. The standard InChI is InChI=1S/C12H11BrN2O3/c1-17-7-3-4-8(9(5-7)18-2)11-12(13)15-10(6-16)14-11/h3-6H,1-2H3,(H,14,15). The molecule has 0 fully saturated rings. The summed E-state index contributed by atoms with van der Waals surface area (Å²) >= 11 is 3.33. The highest BCUT2D eigenvalue weighted by atomic mass is 79.9. The van der Waals surface area contributed by atoms with Gasteiger partial charge in [-0.1, -0.05) is 0 Å². The number of nitrogens with one attached hydrogen (secondary N) is 1. The zero-order chi connectivity index (χ0) is 13.1. The number of nitrogens with zero attached hydrogens (tertiary/aromatic N) is 1. The molecule has 1 heterocycles. The summed E-state index contributed by atoms with van der Waals surface area (Å²) in [6.07, 6.45) is 0.657. The number of carbonyl (C=O) groups is 1. The fraction of sp³-hybridized carbons (Fsp3) is 0.167. The Hall–Kier alpha value is -1.82. The molecular formula is C12H11BrN2O3. The predicted octanol–water partition coefficient (Wildman–Crippen LogP) is 2.67. The van der Waals surface area contributed by atoms with Crippen LogP contribution < -0.4 is 9.47 Å². The molecule has 0 saturated carbocycles. The maximum atomic E-state index is 10.7. The van der Waals surface area contributed by atoms with Crippen LogP contribution in [0.2, 0.25) is 0 Å². The minimum atomic E-state index is 0.259. The maximum Gasteiger partial charge on any atom is 0.185 e. The smallest absolute Gasteiger partial charge is 0.185 e. The molecule has 0 atom stereocenters. The van der Waals surface area contributed by atoms with Gasteiger partial charge in [-0.15, -0.1) is 0 Å². The van der Waals surface area contributed by atoms with Crippen LogP contribution in [0.15, 0.2) is 22.8 Å². The van der Waals surface area contributed by atoms with Gasteiger partial charge in [0.15, 0.2) is 12.1 Å². The first-order valence-corrected chi connectivity index (χ1v) is 5.92. The molecule has 0 radical (unpaired) electrons. The van der Waals surface area contributed by atoms with E-state index < -0.39 is 0 Å². The minimum Gasteiger partial charge on any atom is -0.497 e. The van der Waals surface area contributed by atoms with Gasteiger partial charge in [-0.2, -0.15) is 0 Å². The van der Waals surface area contributed by atoms with Crippen LogP contribution in [0.5, 0.6) is 11.5 Å². The van der Waals surface area contributed by atoms with Gasteiger partial charge >= 0.3 is 0 Å². The van der Waals surface area contributed by atoms with Gasteiger partial charge in [-0.25, -0.2) is 4.98 Å². The Bertz CT molecular complexity index is 581. The summed E-state index contributed by atoms with van der Waals surface area (Å²) in [5.74, 6) is 1.58. The van der Waals surface area contributed by atoms with Gasteiger partial charge in [0, 0.05) is 11.6 Å². The number of H-pyrrole nitrogens is 1. The maximum absolute atomic E-state index is 10.7. The van der Waals surface area contributed by atoms with Crippen molar-refractivity contribution in [1.82, 2.24) is 9.97 Å². The largest absolute Gasteiger partial charge is 0.497 e. The fourth-order valence-corrected chi connectivity index (χ4v) is 2.10. The normalized spacial score (nSPS) is 10.2. The second-order valence-electron chi connectivity index (χ2n) is 3.47. The highest BCUT2D eigenvalue weighted by Crippen LogP contribution is 2.35. The number of methoxy groups -OCH3 is 2. The third-order valence-electron chi connectivity index (χ3n) is 2.45. The molecule has 1 N–H and O–H groups in total. The summed E-state index contributed by atoms with van der Waals surface area (Å²) < 4.78 is 11.1. The topological polar surface area (TPSA) is 64.2 Å². The molecule has 0 aliphatic heterocycles. The van der Waals surface area contributed by atoms with Crippen molar-refractivity contribution in [2.75, 3.05) is 14.2 Å². The van der Waals surface area contributed by atoms with E-state index in [4.69, 9.17) is 9.47 Å². The van der Waals surface area contributed by atoms with Crippen LogP contribution in [0.25, 0.3) is 11.3 Å². The van der Waals surface area contributed by atoms with Gasteiger partial charge in [-0.05, 0) is 28.1 Å². The number of hydrogen-bond acceptors (Lipinski definition) is 4. The number of aromatic amines is 1. The van der Waals surface area contributed by atoms with E-state index in [9.17, 15) is 4.79 Å². The van der Waals surface area contributed by atoms with E-state index in [1.807, 2.05) is 6.07 Å². The number of benzene rings is 1. The number of hydrogen-bond donors (Lipinski definition) is 1. The van der Waals surface area contributed by atoms with E-state index in [0.29, 0.717) is 28.1 Å². The predicted molar refractivity (Wildman–Crippen MR) is 70.2 cm³/mol. The molecule has 2 aromatic rings. The third kappa shape index (κ3) is 2.24. The Morgan fingerprint density at radius 2 is 2.11 bits per heavy atom. The van der Waals surface area contributed by atoms with E-state index in [-0.39, 0.29) is 5.82 Å². The fourth-order valence-electron chi connectivity index (χ4n) is 1.60. The molecule has 0 spiro atoms. The molecule has 0 amide bonds. The van der Waals surface area contributed by atoms with Gasteiger partial charge in [0.2, 0.25) is 0 Å². The van der Waals surface area contributed by atoms with Crippen molar-refractivity contribution in [2.24, 2.45) is 0 Å². The van der Waals surface area contributed by atoms with Crippen LogP contribution in [0, 0.1) is 0 Å². The van der Waals surface area contributed by atoms with Crippen molar-refractivity contribution in [3.05, 3.63) is 28.6 Å². The van der Waals surface area contributed by atoms with Crippen molar-refractivity contribution < 1.29 is 14.3 Å². The SMILES string of the molecule is COc1ccc(-c2nc(C=O)[nH]c2Br)c(OC)c1. The van der Waals surface area contributed by atoms with Crippen LogP contribution in [0.3, 0.4) is 0 Å². The average Bonchev–Trinajstić information content (AvgIpc) is 2.79. The Labute approximate surface area is 112 Å². The lowest BCUT2D eigenvalue weighted by Gasteiger charge is -2.08. The van der Waals surface area contributed by atoms with Crippen molar-refractivity contribution in [3.63, 3.8) is 0 Å². The molecule has 0 aliphatic carbocycles. The Balaban J connectivity index is 2.55. The van der Waals surface area contributed by atoms with Crippen molar-refractivity contribution >= 4 is 22.2 Å². The summed E-state index contributed by atoms with van der Waals surface area (Å²) in [6, 6.07) is 5.39. The van der Waals surface area contributed by atoms with Crippen LogP contribution in [-0.4, -0.2) is 30.5 Å². The zero-order valence-electron chi connectivity index (χ0n) is 9.86. The molecule has 0 bridgehead atoms. The number of aldehydes is 1. The Kier molecular flexibility index (Phi) is 3.66. The molecule has 0 unspecified atom stereocenters. The minimum absolute atomic E-state index is 0.259. The van der Waals surface area contributed by atoms with Gasteiger partial charge in [0.05, 0.1) is 14.2 Å². The lowest BCUT2D eigenvalue weighted by atomic mass is 10.1. The van der Waals surface area contributed by atoms with Gasteiger partial charge in [0.25, 0.3) is 0 Å². The number of ether oxygens (including phenoxy) is 2. The van der Waals surface area contributed by atoms with Crippen molar-refractivity contribution in [1.29, 1.82) is 0 Å². The van der Waals surface area contributed by atoms with Gasteiger partial charge in [0.1, 0.15) is 21.8 Å². The molecule has 0 saturated heterocycles. The van der Waals surface area contributed by atoms with Crippen LogP contribution in [0.4, 0.5) is 0 Å². The van der Waals surface area contributed by atoms with E-state index in [1.165, 1.54) is 0 Å². The molecule has 0 aliphatic rings. The van der Waals surface area contributed by atoms with E-state index in [0.717, 1.165) is 5.56 Å².